The summed E-state index contributed by atoms with van der Waals surface area (Å²) >= 11 is 3.14. The maximum Gasteiger partial charge on any atom is 1.00 e. The van der Waals surface area contributed by atoms with Gasteiger partial charge >= 0.3 is 51.4 Å². The molecule has 2 unspecified atom stereocenters. The molecule has 0 aliphatic carbocycles. The zero-order chi connectivity index (χ0) is 28.6. The van der Waals surface area contributed by atoms with E-state index in [0.717, 1.165) is 59.0 Å². The average Bonchev–Trinajstić information content (AvgIpc) is 3.67. The maximum atomic E-state index is 13.9. The Morgan fingerprint density at radius 3 is 2.26 bits per heavy atom. The monoisotopic (exact) mass is 631 g/mol. The van der Waals surface area contributed by atoms with Crippen LogP contribution in [0.2, 0.25) is 0 Å². The molecule has 0 spiro atoms. The van der Waals surface area contributed by atoms with Gasteiger partial charge in [-0.25, -0.2) is 13.2 Å². The Morgan fingerprint density at radius 2 is 1.72 bits per heavy atom. The summed E-state index contributed by atoms with van der Waals surface area (Å²) in [7, 11) is -0.430. The average molecular weight is 632 g/mol. The standard InChI is InChI=1S/C15H22F2NOPS.C11H14FS.C3H7F.K/c1-3-19-20-10-13(20)11-5-6-14(21-8-4-7-18)12(9-11)15(2,16)17;1-3-6-13-11-5-4-9(2)7-10(11)8-12;1-2-3-4;/h5-6,9,13H,3-4,7-8,10,18H2,1-2H3;4-5,7H,1,3,6,8H2,2H3;2-3H2,1H3;/q;-1;;+1. The molecule has 0 radical (unpaired) electrons. The third-order valence-corrected chi connectivity index (χ3v) is 9.66. The van der Waals surface area contributed by atoms with Gasteiger partial charge in [0.2, 0.25) is 0 Å². The Morgan fingerprint density at radius 1 is 1.08 bits per heavy atom. The van der Waals surface area contributed by atoms with Crippen LogP contribution in [0.3, 0.4) is 0 Å². The topological polar surface area (TPSA) is 35.2 Å². The van der Waals surface area contributed by atoms with Crippen molar-refractivity contribution in [1.82, 2.24) is 0 Å². The molecule has 1 saturated heterocycles. The van der Waals surface area contributed by atoms with Gasteiger partial charge in [-0.2, -0.15) is 6.42 Å². The van der Waals surface area contributed by atoms with Crippen molar-refractivity contribution in [3.8, 4) is 0 Å². The van der Waals surface area contributed by atoms with Crippen LogP contribution in [0.4, 0.5) is 17.6 Å². The van der Waals surface area contributed by atoms with Crippen LogP contribution in [0, 0.1) is 13.8 Å². The van der Waals surface area contributed by atoms with E-state index in [0.29, 0.717) is 30.1 Å². The van der Waals surface area contributed by atoms with E-state index in [4.69, 9.17) is 10.3 Å². The predicted octanol–water partition coefficient (Wildman–Crippen LogP) is 6.88. The fourth-order valence-corrected chi connectivity index (χ4v) is 7.01. The Hall–Kier alpha value is 0.846. The molecule has 2 nitrogen and oxygen atoms in total. The van der Waals surface area contributed by atoms with Crippen LogP contribution in [0.25, 0.3) is 0 Å². The van der Waals surface area contributed by atoms with Crippen molar-refractivity contribution in [2.75, 3.05) is 37.5 Å². The molecule has 1 heterocycles. The molecule has 2 aromatic carbocycles. The molecule has 0 bridgehead atoms. The fraction of sp³-hybridized carbons (Fsp3) is 0.552. The molecule has 216 valence electrons. The number of thioether (sulfide) groups is 2. The van der Waals surface area contributed by atoms with Crippen LogP contribution in [-0.4, -0.2) is 37.5 Å². The van der Waals surface area contributed by atoms with Crippen molar-refractivity contribution in [1.29, 1.82) is 0 Å². The summed E-state index contributed by atoms with van der Waals surface area (Å²) in [6.45, 7) is 11.2. The Bertz CT molecular complexity index is 935. The molecular formula is C29H43F4KNOPS2. The van der Waals surface area contributed by atoms with Crippen LogP contribution in [0.1, 0.15) is 67.9 Å². The molecule has 2 aromatic rings. The minimum Gasteiger partial charge on any atom is -0.359 e. The number of hydrogen-bond donors (Lipinski definition) is 1. The van der Waals surface area contributed by atoms with E-state index in [1.165, 1.54) is 11.8 Å². The summed E-state index contributed by atoms with van der Waals surface area (Å²) in [6, 6.07) is 11.4. The second-order valence-electron chi connectivity index (χ2n) is 8.80. The van der Waals surface area contributed by atoms with Gasteiger partial charge in [0, 0.05) is 48.9 Å². The molecule has 2 N–H and O–H groups in total. The van der Waals surface area contributed by atoms with E-state index in [1.807, 2.05) is 44.2 Å². The fourth-order valence-electron chi connectivity index (χ4n) is 3.33. The zero-order valence-corrected chi connectivity index (χ0v) is 29.7. The third-order valence-electron chi connectivity index (χ3n) is 5.28. The molecule has 0 aromatic heterocycles. The molecule has 0 saturated carbocycles. The molecule has 1 aliphatic heterocycles. The van der Waals surface area contributed by atoms with Gasteiger partial charge in [-0.3, -0.25) is 4.39 Å². The Labute approximate surface area is 286 Å². The second kappa shape index (κ2) is 22.4. The molecular weight excluding hydrogens is 589 g/mol. The van der Waals surface area contributed by atoms with E-state index < -0.39 is 14.1 Å². The number of nitrogens with two attached hydrogens (primary N) is 1. The first kappa shape index (κ1) is 39.8. The first-order valence-electron chi connectivity index (χ1n) is 13.0. The maximum absolute atomic E-state index is 13.9. The molecule has 2 atom stereocenters. The van der Waals surface area contributed by atoms with E-state index in [1.54, 1.807) is 24.8 Å². The normalized spacial score (nSPS) is 15.8. The molecule has 1 aliphatic rings. The van der Waals surface area contributed by atoms with Crippen LogP contribution < -0.4 is 57.1 Å². The van der Waals surface area contributed by atoms with Crippen molar-refractivity contribution >= 4 is 31.7 Å². The van der Waals surface area contributed by atoms with Gasteiger partial charge in [0.25, 0.3) is 5.92 Å². The van der Waals surface area contributed by atoms with Crippen LogP contribution in [0.5, 0.6) is 0 Å². The van der Waals surface area contributed by atoms with Gasteiger partial charge in [-0.15, -0.1) is 23.5 Å². The molecule has 3 rings (SSSR count). The van der Waals surface area contributed by atoms with Crippen molar-refractivity contribution < 1.29 is 73.5 Å². The number of alkyl halides is 4. The smallest absolute Gasteiger partial charge is 0.359 e. The summed E-state index contributed by atoms with van der Waals surface area (Å²) in [5.41, 5.74) is 8.85. The first-order valence-corrected chi connectivity index (χ1v) is 16.5. The van der Waals surface area contributed by atoms with Crippen molar-refractivity contribution in [3.05, 3.63) is 65.6 Å². The number of aryl methyl sites for hydroxylation is 1. The first-order chi connectivity index (χ1) is 18.2. The quantitative estimate of drug-likeness (QED) is 0.0653. The number of benzene rings is 2. The Kier molecular flexibility index (Phi) is 22.9. The SMILES string of the molecule is CCCF.CCOP1CC1c1ccc(SCCCN)c(C(C)(F)F)c1.[CH2-]CCSc1ccc(C)cc1CF.[K+]. The van der Waals surface area contributed by atoms with Crippen molar-refractivity contribution in [2.45, 2.75) is 75.0 Å². The van der Waals surface area contributed by atoms with Gasteiger partial charge in [0.05, 0.1) is 6.67 Å². The van der Waals surface area contributed by atoms with Gasteiger partial charge < -0.3 is 17.2 Å². The van der Waals surface area contributed by atoms with Gasteiger partial charge in [0.15, 0.2) is 0 Å². The van der Waals surface area contributed by atoms with E-state index in [9.17, 15) is 17.6 Å². The molecule has 1 fully saturated rings. The van der Waals surface area contributed by atoms with Crippen LogP contribution >= 0.6 is 31.7 Å². The van der Waals surface area contributed by atoms with Crippen LogP contribution in [-0.2, 0) is 17.1 Å². The molecule has 10 heteroatoms. The van der Waals surface area contributed by atoms with Crippen LogP contribution in [0.15, 0.2) is 46.2 Å². The number of halogens is 4. The summed E-state index contributed by atoms with van der Waals surface area (Å²) in [5, 5.41) is 0. The van der Waals surface area contributed by atoms with Gasteiger partial charge in [0.1, 0.15) is 6.67 Å². The minimum absolute atomic E-state index is 0. The van der Waals surface area contributed by atoms with Gasteiger partial charge in [-0.1, -0.05) is 30.7 Å². The Balaban J connectivity index is 0.000000687. The predicted molar refractivity (Wildman–Crippen MR) is 160 cm³/mol. The van der Waals surface area contributed by atoms with Crippen molar-refractivity contribution in [2.24, 2.45) is 5.73 Å². The summed E-state index contributed by atoms with van der Waals surface area (Å²) in [4.78, 5) is 1.72. The number of rotatable bonds is 13. The summed E-state index contributed by atoms with van der Waals surface area (Å²) in [5.74, 6) is -1.09. The molecule has 39 heavy (non-hydrogen) atoms. The van der Waals surface area contributed by atoms with Gasteiger partial charge in [-0.05, 0) is 74.1 Å². The van der Waals surface area contributed by atoms with E-state index in [2.05, 4.69) is 6.92 Å². The van der Waals surface area contributed by atoms with Crippen molar-refractivity contribution in [3.63, 3.8) is 0 Å². The van der Waals surface area contributed by atoms with E-state index in [-0.39, 0.29) is 70.3 Å². The molecule has 0 amide bonds. The largest absolute Gasteiger partial charge is 1.00 e. The zero-order valence-electron chi connectivity index (χ0n) is 24.1. The second-order valence-corrected chi connectivity index (χ2v) is 13.2. The third kappa shape index (κ3) is 15.8. The van der Waals surface area contributed by atoms with E-state index >= 15 is 0 Å². The summed E-state index contributed by atoms with van der Waals surface area (Å²) in [6.07, 6.45) is 3.36. The number of hydrogen-bond acceptors (Lipinski definition) is 4. The summed E-state index contributed by atoms with van der Waals surface area (Å²) < 4.78 is 56.6. The minimum atomic E-state index is -2.82.